The van der Waals surface area contributed by atoms with Gasteiger partial charge >= 0.3 is 0 Å². The van der Waals surface area contributed by atoms with Gasteiger partial charge in [0.05, 0.1) is 24.1 Å². The van der Waals surface area contributed by atoms with E-state index in [-0.39, 0.29) is 18.1 Å². The molecule has 0 unspecified atom stereocenters. The smallest absolute Gasteiger partial charge is 0.151 e. The fourth-order valence-corrected chi connectivity index (χ4v) is 2.08. The van der Waals surface area contributed by atoms with Crippen molar-refractivity contribution in [2.45, 2.75) is 6.92 Å². The summed E-state index contributed by atoms with van der Waals surface area (Å²) in [6.07, 6.45) is 0. The molecule has 0 amide bonds. The van der Waals surface area contributed by atoms with Crippen molar-refractivity contribution < 1.29 is 13.2 Å². The average molecular weight is 268 g/mol. The van der Waals surface area contributed by atoms with Crippen LogP contribution in [-0.4, -0.2) is 33.6 Å². The van der Waals surface area contributed by atoms with Crippen molar-refractivity contribution >= 4 is 15.5 Å². The predicted molar refractivity (Wildman–Crippen MR) is 70.5 cm³/mol. The van der Waals surface area contributed by atoms with E-state index in [1.54, 1.807) is 25.1 Å². The summed E-state index contributed by atoms with van der Waals surface area (Å²) in [5.74, 6) is 0.790. The maximum atomic E-state index is 11.3. The number of benzene rings is 1. The zero-order chi connectivity index (χ0) is 13.6. The van der Waals surface area contributed by atoms with Crippen molar-refractivity contribution in [1.29, 1.82) is 5.26 Å². The monoisotopic (exact) mass is 268 g/mol. The summed E-state index contributed by atoms with van der Waals surface area (Å²) in [6.45, 7) is 1.89. The van der Waals surface area contributed by atoms with E-state index in [0.717, 1.165) is 0 Å². The van der Waals surface area contributed by atoms with E-state index in [1.807, 2.05) is 6.07 Å². The van der Waals surface area contributed by atoms with Crippen LogP contribution in [0.2, 0.25) is 0 Å². The van der Waals surface area contributed by atoms with Gasteiger partial charge in [0.1, 0.15) is 11.8 Å². The lowest BCUT2D eigenvalue weighted by Crippen LogP contribution is -2.17. The second-order valence-corrected chi connectivity index (χ2v) is 6.16. The summed E-state index contributed by atoms with van der Waals surface area (Å²) in [7, 11) is -1.47. The Bertz CT molecular complexity index is 547. The summed E-state index contributed by atoms with van der Waals surface area (Å²) < 4.78 is 27.7. The van der Waals surface area contributed by atoms with Crippen molar-refractivity contribution in [2.24, 2.45) is 0 Å². The van der Waals surface area contributed by atoms with Gasteiger partial charge in [0.2, 0.25) is 0 Å². The second-order valence-electron chi connectivity index (χ2n) is 3.69. The average Bonchev–Trinajstić information content (AvgIpc) is 2.38. The van der Waals surface area contributed by atoms with Crippen LogP contribution in [0.4, 0.5) is 5.69 Å². The molecule has 0 aliphatic heterocycles. The zero-order valence-electron chi connectivity index (χ0n) is 10.4. The van der Waals surface area contributed by atoms with Crippen LogP contribution in [0.3, 0.4) is 0 Å². The van der Waals surface area contributed by atoms with E-state index in [4.69, 9.17) is 10.00 Å². The summed E-state index contributed by atoms with van der Waals surface area (Å²) in [5.41, 5.74) is 1.05. The molecule has 0 aromatic heterocycles. The molecule has 0 atom stereocenters. The Morgan fingerprint density at radius 1 is 1.44 bits per heavy atom. The van der Waals surface area contributed by atoms with Crippen LogP contribution in [0, 0.1) is 11.3 Å². The van der Waals surface area contributed by atoms with Gasteiger partial charge in [-0.2, -0.15) is 5.26 Å². The Kier molecular flexibility index (Phi) is 4.98. The molecule has 1 aromatic rings. The van der Waals surface area contributed by atoms with Gasteiger partial charge < -0.3 is 10.1 Å². The van der Waals surface area contributed by atoms with Crippen LogP contribution < -0.4 is 10.1 Å². The van der Waals surface area contributed by atoms with Gasteiger partial charge in [0, 0.05) is 18.4 Å². The van der Waals surface area contributed by atoms with Gasteiger partial charge in [0.15, 0.2) is 9.84 Å². The molecule has 98 valence electrons. The molecule has 18 heavy (non-hydrogen) atoms. The number of nitrogens with zero attached hydrogens (tertiary/aromatic N) is 1. The molecule has 1 rings (SSSR count). The molecule has 6 heteroatoms. The van der Waals surface area contributed by atoms with Crippen LogP contribution >= 0.6 is 0 Å². The highest BCUT2D eigenvalue weighted by Crippen LogP contribution is 2.21. The molecule has 0 saturated heterocycles. The quantitative estimate of drug-likeness (QED) is 0.844. The lowest BCUT2D eigenvalue weighted by Gasteiger charge is -2.09. The third kappa shape index (κ3) is 3.93. The SMILES string of the molecule is CCS(=O)(=O)CCNc1cc(OC)ccc1C#N. The van der Waals surface area contributed by atoms with Crippen molar-refractivity contribution in [3.63, 3.8) is 0 Å². The molecule has 0 aliphatic rings. The highest BCUT2D eigenvalue weighted by molar-refractivity contribution is 7.91. The van der Waals surface area contributed by atoms with Crippen LogP contribution in [0.15, 0.2) is 18.2 Å². The number of hydrogen-bond donors (Lipinski definition) is 1. The normalized spacial score (nSPS) is 10.7. The van der Waals surface area contributed by atoms with Gasteiger partial charge in [-0.3, -0.25) is 0 Å². The van der Waals surface area contributed by atoms with Crippen molar-refractivity contribution in [1.82, 2.24) is 0 Å². The Morgan fingerprint density at radius 2 is 2.17 bits per heavy atom. The maximum absolute atomic E-state index is 11.3. The fraction of sp³-hybridized carbons (Fsp3) is 0.417. The fourth-order valence-electron chi connectivity index (χ4n) is 1.38. The number of nitriles is 1. The first kappa shape index (κ1) is 14.3. The predicted octanol–water partition coefficient (Wildman–Crippen LogP) is 1.41. The summed E-state index contributed by atoms with van der Waals surface area (Å²) in [6, 6.07) is 7.04. The molecular formula is C12H16N2O3S. The first-order chi connectivity index (χ1) is 8.52. The Balaban J connectivity index is 2.75. The highest BCUT2D eigenvalue weighted by Gasteiger charge is 2.08. The van der Waals surface area contributed by atoms with Crippen LogP contribution in [0.1, 0.15) is 12.5 Å². The molecule has 0 spiro atoms. The Labute approximate surface area is 107 Å². The number of anilines is 1. The number of ether oxygens (including phenoxy) is 1. The van der Waals surface area contributed by atoms with Gasteiger partial charge in [-0.15, -0.1) is 0 Å². The number of sulfone groups is 1. The molecule has 0 heterocycles. The van der Waals surface area contributed by atoms with Crippen molar-refractivity contribution in [3.8, 4) is 11.8 Å². The van der Waals surface area contributed by atoms with Gasteiger partial charge in [-0.25, -0.2) is 8.42 Å². The standard InChI is InChI=1S/C12H16N2O3S/c1-3-18(15,16)7-6-14-12-8-11(17-2)5-4-10(12)9-13/h4-5,8,14H,3,6-7H2,1-2H3. The van der Waals surface area contributed by atoms with Gasteiger partial charge in [-0.05, 0) is 12.1 Å². The maximum Gasteiger partial charge on any atom is 0.151 e. The minimum absolute atomic E-state index is 0.0472. The molecule has 0 fully saturated rings. The lowest BCUT2D eigenvalue weighted by atomic mass is 10.2. The van der Waals surface area contributed by atoms with Crippen molar-refractivity contribution in [2.75, 3.05) is 30.5 Å². The van der Waals surface area contributed by atoms with Crippen molar-refractivity contribution in [3.05, 3.63) is 23.8 Å². The zero-order valence-corrected chi connectivity index (χ0v) is 11.3. The summed E-state index contributed by atoms with van der Waals surface area (Å²) in [5, 5.41) is 11.9. The number of nitrogens with one attached hydrogen (secondary N) is 1. The highest BCUT2D eigenvalue weighted by atomic mass is 32.2. The largest absolute Gasteiger partial charge is 0.497 e. The minimum Gasteiger partial charge on any atom is -0.497 e. The van der Waals surface area contributed by atoms with E-state index in [1.165, 1.54) is 7.11 Å². The molecule has 0 bridgehead atoms. The molecule has 1 N–H and O–H groups in total. The summed E-state index contributed by atoms with van der Waals surface area (Å²) in [4.78, 5) is 0. The van der Waals surface area contributed by atoms with Crippen LogP contribution in [0.25, 0.3) is 0 Å². The lowest BCUT2D eigenvalue weighted by molar-refractivity contribution is 0.415. The van der Waals surface area contributed by atoms with E-state index in [9.17, 15) is 8.42 Å². The first-order valence-corrected chi connectivity index (χ1v) is 7.37. The van der Waals surface area contributed by atoms with E-state index >= 15 is 0 Å². The molecule has 0 radical (unpaired) electrons. The Hall–Kier alpha value is -1.74. The number of methoxy groups -OCH3 is 1. The van der Waals surface area contributed by atoms with E-state index in [2.05, 4.69) is 5.32 Å². The third-order valence-electron chi connectivity index (χ3n) is 2.52. The minimum atomic E-state index is -3.00. The third-order valence-corrected chi connectivity index (χ3v) is 4.22. The first-order valence-electron chi connectivity index (χ1n) is 5.55. The van der Waals surface area contributed by atoms with Crippen LogP contribution in [0.5, 0.6) is 5.75 Å². The molecular weight excluding hydrogens is 252 g/mol. The van der Waals surface area contributed by atoms with E-state index in [0.29, 0.717) is 17.0 Å². The topological polar surface area (TPSA) is 79.2 Å². The Morgan fingerprint density at radius 3 is 2.72 bits per heavy atom. The summed E-state index contributed by atoms with van der Waals surface area (Å²) >= 11 is 0. The van der Waals surface area contributed by atoms with E-state index < -0.39 is 9.84 Å². The number of rotatable bonds is 6. The molecule has 5 nitrogen and oxygen atoms in total. The molecule has 0 aliphatic carbocycles. The van der Waals surface area contributed by atoms with Gasteiger partial charge in [-0.1, -0.05) is 6.92 Å². The second kappa shape index (κ2) is 6.26. The molecule has 1 aromatic carbocycles. The van der Waals surface area contributed by atoms with Crippen LogP contribution in [-0.2, 0) is 9.84 Å². The number of hydrogen-bond acceptors (Lipinski definition) is 5. The molecule has 0 saturated carbocycles. The van der Waals surface area contributed by atoms with Gasteiger partial charge in [0.25, 0.3) is 0 Å².